The van der Waals surface area contributed by atoms with E-state index in [0.717, 1.165) is 6.42 Å². The summed E-state index contributed by atoms with van der Waals surface area (Å²) in [5.41, 5.74) is 9.24. The van der Waals surface area contributed by atoms with Gasteiger partial charge in [0.15, 0.2) is 0 Å². The predicted molar refractivity (Wildman–Crippen MR) is 60.4 cm³/mol. The summed E-state index contributed by atoms with van der Waals surface area (Å²) < 4.78 is 0. The lowest BCUT2D eigenvalue weighted by Gasteiger charge is -2.20. The van der Waals surface area contributed by atoms with E-state index in [1.54, 1.807) is 0 Å². The molecule has 0 amide bonds. The number of nitrogens with two attached hydrogens (primary N) is 1. The maximum absolute atomic E-state index is 6.06. The summed E-state index contributed by atoms with van der Waals surface area (Å²) in [6, 6.07) is 9.21. The molecule has 2 rings (SSSR count). The predicted octanol–water partition coefficient (Wildman–Crippen LogP) is 2.63. The average Bonchev–Trinajstić information content (AvgIpc) is 2.98. The molecule has 1 heteroatoms. The number of hydrogen-bond acceptors (Lipinski definition) is 1. The molecular formula is C13H19N. The van der Waals surface area contributed by atoms with Crippen LogP contribution in [-0.4, -0.2) is 6.04 Å². The molecule has 0 bridgehead atoms. The molecule has 0 aromatic heterocycles. The molecule has 1 aromatic carbocycles. The van der Waals surface area contributed by atoms with Crippen LogP contribution in [0.3, 0.4) is 0 Å². The molecule has 1 aliphatic carbocycles. The first-order valence-electron chi connectivity index (χ1n) is 5.54. The molecular weight excluding hydrogens is 170 g/mol. The van der Waals surface area contributed by atoms with Crippen molar-refractivity contribution >= 4 is 0 Å². The molecule has 1 atom stereocenters. The topological polar surface area (TPSA) is 26.0 Å². The van der Waals surface area contributed by atoms with Crippen molar-refractivity contribution in [1.29, 1.82) is 0 Å². The maximum Gasteiger partial charge on any atom is 0.0108 e. The summed E-state index contributed by atoms with van der Waals surface area (Å²) in [5, 5.41) is 0. The second kappa shape index (κ2) is 3.39. The van der Waals surface area contributed by atoms with Crippen LogP contribution in [0.15, 0.2) is 24.3 Å². The van der Waals surface area contributed by atoms with E-state index < -0.39 is 0 Å². The van der Waals surface area contributed by atoms with Crippen molar-refractivity contribution in [3.8, 4) is 0 Å². The number of aryl methyl sites for hydroxylation is 1. The fourth-order valence-corrected chi connectivity index (χ4v) is 2.24. The van der Waals surface area contributed by atoms with Gasteiger partial charge in [0.2, 0.25) is 0 Å². The summed E-state index contributed by atoms with van der Waals surface area (Å²) >= 11 is 0. The van der Waals surface area contributed by atoms with E-state index in [-0.39, 0.29) is 6.04 Å². The summed E-state index contributed by atoms with van der Waals surface area (Å²) in [7, 11) is 0. The molecule has 14 heavy (non-hydrogen) atoms. The van der Waals surface area contributed by atoms with Crippen molar-refractivity contribution < 1.29 is 0 Å². The zero-order valence-corrected chi connectivity index (χ0v) is 9.09. The highest BCUT2D eigenvalue weighted by atomic mass is 14.7. The van der Waals surface area contributed by atoms with Crippen LogP contribution in [0, 0.1) is 0 Å². The Morgan fingerprint density at radius 1 is 1.43 bits per heavy atom. The Balaban J connectivity index is 2.32. The Hall–Kier alpha value is -0.820. The van der Waals surface area contributed by atoms with Gasteiger partial charge in [0.05, 0.1) is 0 Å². The third-order valence-electron chi connectivity index (χ3n) is 3.57. The minimum atomic E-state index is 0.287. The Kier molecular flexibility index (Phi) is 2.36. The van der Waals surface area contributed by atoms with Crippen molar-refractivity contribution in [2.75, 3.05) is 0 Å². The fraction of sp³-hybridized carbons (Fsp3) is 0.538. The first kappa shape index (κ1) is 9.72. The van der Waals surface area contributed by atoms with E-state index in [2.05, 4.69) is 38.1 Å². The molecule has 0 saturated heterocycles. The van der Waals surface area contributed by atoms with Crippen LogP contribution in [-0.2, 0) is 11.8 Å². The van der Waals surface area contributed by atoms with E-state index in [1.165, 1.54) is 24.0 Å². The molecule has 0 radical (unpaired) electrons. The first-order chi connectivity index (χ1) is 6.69. The standard InChI is InChI=1S/C13H19N/c1-3-11-5-4-6-12(9-11)13(7-8-13)10(2)14/h4-6,9-10H,3,7-8,14H2,1-2H3. The Labute approximate surface area is 86.3 Å². The van der Waals surface area contributed by atoms with Gasteiger partial charge in [-0.2, -0.15) is 0 Å². The van der Waals surface area contributed by atoms with Gasteiger partial charge in [-0.15, -0.1) is 0 Å². The normalized spacial score (nSPS) is 20.5. The molecule has 1 aromatic rings. The summed E-state index contributed by atoms with van der Waals surface area (Å²) in [5.74, 6) is 0. The van der Waals surface area contributed by atoms with Crippen LogP contribution < -0.4 is 5.73 Å². The number of rotatable bonds is 3. The Morgan fingerprint density at radius 2 is 2.14 bits per heavy atom. The van der Waals surface area contributed by atoms with Crippen LogP contribution in [0.5, 0.6) is 0 Å². The van der Waals surface area contributed by atoms with Gasteiger partial charge in [-0.05, 0) is 37.3 Å². The zero-order valence-electron chi connectivity index (χ0n) is 9.09. The number of hydrogen-bond donors (Lipinski definition) is 1. The van der Waals surface area contributed by atoms with E-state index in [0.29, 0.717) is 5.41 Å². The van der Waals surface area contributed by atoms with E-state index in [4.69, 9.17) is 5.73 Å². The Morgan fingerprint density at radius 3 is 2.64 bits per heavy atom. The highest BCUT2D eigenvalue weighted by Gasteiger charge is 2.47. The lowest BCUT2D eigenvalue weighted by molar-refractivity contribution is 0.556. The second-order valence-corrected chi connectivity index (χ2v) is 4.50. The van der Waals surface area contributed by atoms with E-state index >= 15 is 0 Å². The van der Waals surface area contributed by atoms with Crippen molar-refractivity contribution in [3.05, 3.63) is 35.4 Å². The molecule has 1 saturated carbocycles. The summed E-state index contributed by atoms with van der Waals surface area (Å²) in [6.07, 6.45) is 3.64. The van der Waals surface area contributed by atoms with Crippen molar-refractivity contribution in [3.63, 3.8) is 0 Å². The van der Waals surface area contributed by atoms with Crippen LogP contribution >= 0.6 is 0 Å². The van der Waals surface area contributed by atoms with Crippen molar-refractivity contribution in [2.45, 2.75) is 44.6 Å². The second-order valence-electron chi connectivity index (χ2n) is 4.50. The highest BCUT2D eigenvalue weighted by Crippen LogP contribution is 2.50. The van der Waals surface area contributed by atoms with Gasteiger partial charge in [-0.3, -0.25) is 0 Å². The average molecular weight is 189 g/mol. The molecule has 76 valence electrons. The molecule has 0 heterocycles. The van der Waals surface area contributed by atoms with Crippen LogP contribution in [0.4, 0.5) is 0 Å². The number of benzene rings is 1. The SMILES string of the molecule is CCc1cccc(C2(C(C)N)CC2)c1. The van der Waals surface area contributed by atoms with Crippen molar-refractivity contribution in [2.24, 2.45) is 5.73 Å². The van der Waals surface area contributed by atoms with E-state index in [9.17, 15) is 0 Å². The lowest BCUT2D eigenvalue weighted by atomic mass is 9.88. The molecule has 0 aliphatic heterocycles. The zero-order chi connectivity index (χ0) is 10.2. The summed E-state index contributed by atoms with van der Waals surface area (Å²) in [4.78, 5) is 0. The quantitative estimate of drug-likeness (QED) is 0.777. The molecule has 1 fully saturated rings. The van der Waals surface area contributed by atoms with Crippen LogP contribution in [0.1, 0.15) is 37.8 Å². The third kappa shape index (κ3) is 1.46. The van der Waals surface area contributed by atoms with Gasteiger partial charge in [0.1, 0.15) is 0 Å². The molecule has 1 aliphatic rings. The van der Waals surface area contributed by atoms with Crippen molar-refractivity contribution in [1.82, 2.24) is 0 Å². The molecule has 1 unspecified atom stereocenters. The highest BCUT2D eigenvalue weighted by molar-refractivity contribution is 5.36. The summed E-state index contributed by atoms with van der Waals surface area (Å²) in [6.45, 7) is 4.33. The van der Waals surface area contributed by atoms with Gasteiger partial charge < -0.3 is 5.73 Å². The first-order valence-corrected chi connectivity index (χ1v) is 5.54. The maximum atomic E-state index is 6.06. The lowest BCUT2D eigenvalue weighted by Crippen LogP contribution is -2.31. The minimum absolute atomic E-state index is 0.287. The largest absolute Gasteiger partial charge is 0.327 e. The minimum Gasteiger partial charge on any atom is -0.327 e. The van der Waals surface area contributed by atoms with Crippen LogP contribution in [0.25, 0.3) is 0 Å². The van der Waals surface area contributed by atoms with Gasteiger partial charge in [0.25, 0.3) is 0 Å². The van der Waals surface area contributed by atoms with Crippen LogP contribution in [0.2, 0.25) is 0 Å². The van der Waals surface area contributed by atoms with Gasteiger partial charge >= 0.3 is 0 Å². The molecule has 1 nitrogen and oxygen atoms in total. The molecule has 2 N–H and O–H groups in total. The monoisotopic (exact) mass is 189 g/mol. The third-order valence-corrected chi connectivity index (χ3v) is 3.57. The fourth-order valence-electron chi connectivity index (χ4n) is 2.24. The molecule has 0 spiro atoms. The smallest absolute Gasteiger partial charge is 0.0108 e. The van der Waals surface area contributed by atoms with Gasteiger partial charge in [-0.1, -0.05) is 31.2 Å². The van der Waals surface area contributed by atoms with E-state index in [1.807, 2.05) is 0 Å². The Bertz CT molecular complexity index is 324. The van der Waals surface area contributed by atoms with Gasteiger partial charge in [-0.25, -0.2) is 0 Å². The van der Waals surface area contributed by atoms with Gasteiger partial charge in [0, 0.05) is 11.5 Å².